The van der Waals surface area contributed by atoms with Crippen molar-refractivity contribution >= 4 is 28.5 Å². The maximum absolute atomic E-state index is 12.5. The average Bonchev–Trinajstić information content (AvgIpc) is 2.45. The lowest BCUT2D eigenvalue weighted by Crippen LogP contribution is -2.35. The van der Waals surface area contributed by atoms with Gasteiger partial charge in [-0.2, -0.15) is 5.26 Å². The summed E-state index contributed by atoms with van der Waals surface area (Å²) in [7, 11) is 4.77. The summed E-state index contributed by atoms with van der Waals surface area (Å²) < 4.78 is 11.2. The van der Waals surface area contributed by atoms with Gasteiger partial charge in [-0.1, -0.05) is 0 Å². The number of carbonyl (C=O) groups excluding carboxylic acids is 1. The molecule has 0 aliphatic carbocycles. The van der Waals surface area contributed by atoms with Gasteiger partial charge in [-0.05, 0) is 41.6 Å². The number of nitrogens with zero attached hydrogens (tertiary/aromatic N) is 2. The van der Waals surface area contributed by atoms with E-state index in [9.17, 15) is 4.79 Å². The Morgan fingerprint density at radius 3 is 2.45 bits per heavy atom. The highest BCUT2D eigenvalue weighted by Crippen LogP contribution is 2.32. The number of carbonyl (C=O) groups is 1. The first-order valence-electron chi connectivity index (χ1n) is 6.01. The van der Waals surface area contributed by atoms with Crippen LogP contribution in [0.2, 0.25) is 0 Å². The van der Waals surface area contributed by atoms with E-state index in [4.69, 9.17) is 14.7 Å². The molecule has 5 nitrogen and oxygen atoms in total. The highest BCUT2D eigenvalue weighted by molar-refractivity contribution is 14.1. The lowest BCUT2D eigenvalue weighted by molar-refractivity contribution is 0.0744. The topological polar surface area (TPSA) is 62.6 Å². The number of halogens is 1. The summed E-state index contributed by atoms with van der Waals surface area (Å²) >= 11 is 2.09. The van der Waals surface area contributed by atoms with Gasteiger partial charge in [0.15, 0.2) is 11.5 Å². The maximum Gasteiger partial charge on any atom is 0.255 e. The molecule has 0 N–H and O–H groups in total. The van der Waals surface area contributed by atoms with Crippen LogP contribution in [0.3, 0.4) is 0 Å². The molecule has 1 rings (SSSR count). The molecule has 6 heteroatoms. The molecule has 1 aromatic carbocycles. The second-order valence-corrected chi connectivity index (χ2v) is 5.48. The molecule has 108 valence electrons. The Balaban J connectivity index is 3.13. The Bertz CT molecular complexity index is 540. The lowest BCUT2D eigenvalue weighted by Gasteiger charge is -2.24. The number of rotatable bonds is 5. The number of hydrogen-bond donors (Lipinski definition) is 0. The Kier molecular flexibility index (Phi) is 6.07. The largest absolute Gasteiger partial charge is 0.493 e. The predicted molar refractivity (Wildman–Crippen MR) is 84.0 cm³/mol. The van der Waals surface area contributed by atoms with E-state index in [0.717, 1.165) is 3.57 Å². The summed E-state index contributed by atoms with van der Waals surface area (Å²) in [6.45, 7) is 1.84. The van der Waals surface area contributed by atoms with E-state index in [2.05, 4.69) is 28.7 Å². The van der Waals surface area contributed by atoms with Crippen molar-refractivity contribution < 1.29 is 14.3 Å². The van der Waals surface area contributed by atoms with Crippen LogP contribution in [0.1, 0.15) is 23.7 Å². The Morgan fingerprint density at radius 2 is 1.95 bits per heavy atom. The van der Waals surface area contributed by atoms with E-state index in [0.29, 0.717) is 23.5 Å². The van der Waals surface area contributed by atoms with Gasteiger partial charge in [-0.25, -0.2) is 0 Å². The van der Waals surface area contributed by atoms with Gasteiger partial charge in [0, 0.05) is 16.7 Å². The number of amides is 1. The highest BCUT2D eigenvalue weighted by atomic mass is 127. The Labute approximate surface area is 132 Å². The standard InChI is InChI=1S/C14H17IN2O3/c1-9(5-6-16)17(2)14(18)10-7-12(19-3)13(20-4)8-11(10)15/h7-9H,5H2,1-4H3/t9-/m1/s1. The van der Waals surface area contributed by atoms with Gasteiger partial charge in [-0.15, -0.1) is 0 Å². The van der Waals surface area contributed by atoms with Crippen LogP contribution < -0.4 is 9.47 Å². The first kappa shape index (κ1) is 16.6. The van der Waals surface area contributed by atoms with Crippen LogP contribution in [-0.2, 0) is 0 Å². The second-order valence-electron chi connectivity index (χ2n) is 4.31. The molecule has 0 aromatic heterocycles. The van der Waals surface area contributed by atoms with Crippen molar-refractivity contribution in [2.45, 2.75) is 19.4 Å². The molecule has 1 aromatic rings. The van der Waals surface area contributed by atoms with Crippen molar-refractivity contribution in [3.05, 3.63) is 21.3 Å². The maximum atomic E-state index is 12.5. The fourth-order valence-corrected chi connectivity index (χ4v) is 2.35. The second kappa shape index (κ2) is 7.33. The smallest absolute Gasteiger partial charge is 0.255 e. The monoisotopic (exact) mass is 388 g/mol. The molecule has 1 amide bonds. The molecule has 1 atom stereocenters. The van der Waals surface area contributed by atoms with Crippen LogP contribution in [0, 0.1) is 14.9 Å². The molecule has 0 saturated heterocycles. The van der Waals surface area contributed by atoms with Gasteiger partial charge in [0.05, 0.1) is 32.3 Å². The van der Waals surface area contributed by atoms with Crippen LogP contribution in [0.4, 0.5) is 0 Å². The van der Waals surface area contributed by atoms with E-state index < -0.39 is 0 Å². The van der Waals surface area contributed by atoms with Gasteiger partial charge in [0.1, 0.15) is 0 Å². The quantitative estimate of drug-likeness (QED) is 0.728. The number of nitriles is 1. The minimum Gasteiger partial charge on any atom is -0.493 e. The summed E-state index contributed by atoms with van der Waals surface area (Å²) in [5, 5.41) is 8.72. The minimum atomic E-state index is -0.142. The number of ether oxygens (including phenoxy) is 2. The normalized spacial score (nSPS) is 11.4. The third-order valence-electron chi connectivity index (χ3n) is 3.07. The van der Waals surface area contributed by atoms with Crippen molar-refractivity contribution in [3.8, 4) is 17.6 Å². The third kappa shape index (κ3) is 3.54. The zero-order chi connectivity index (χ0) is 15.3. The minimum absolute atomic E-state index is 0.141. The summed E-state index contributed by atoms with van der Waals surface area (Å²) in [5.41, 5.74) is 0.538. The number of methoxy groups -OCH3 is 2. The molecule has 20 heavy (non-hydrogen) atoms. The molecule has 0 heterocycles. The van der Waals surface area contributed by atoms with Gasteiger partial charge in [0.2, 0.25) is 0 Å². The molecule has 0 fully saturated rings. The van der Waals surface area contributed by atoms with E-state index in [1.54, 1.807) is 31.2 Å². The molecule has 0 aliphatic rings. The first-order chi connectivity index (χ1) is 9.46. The van der Waals surface area contributed by atoms with Crippen LogP contribution in [-0.4, -0.2) is 38.1 Å². The SMILES string of the molecule is COc1cc(I)c(C(=O)N(C)[C@H](C)CC#N)cc1OC. The van der Waals surface area contributed by atoms with Crippen LogP contribution in [0.5, 0.6) is 11.5 Å². The molecule has 0 spiro atoms. The molecule has 0 saturated carbocycles. The molecular formula is C14H17IN2O3. The van der Waals surface area contributed by atoms with Crippen molar-refractivity contribution in [2.75, 3.05) is 21.3 Å². The first-order valence-corrected chi connectivity index (χ1v) is 7.09. The Hall–Kier alpha value is -1.49. The zero-order valence-electron chi connectivity index (χ0n) is 11.9. The molecule has 0 radical (unpaired) electrons. The molecule has 0 bridgehead atoms. The highest BCUT2D eigenvalue weighted by Gasteiger charge is 2.21. The van der Waals surface area contributed by atoms with Gasteiger partial charge < -0.3 is 14.4 Å². The van der Waals surface area contributed by atoms with E-state index in [1.807, 2.05) is 6.92 Å². The lowest BCUT2D eigenvalue weighted by atomic mass is 10.1. The van der Waals surface area contributed by atoms with E-state index in [1.165, 1.54) is 7.11 Å². The van der Waals surface area contributed by atoms with E-state index >= 15 is 0 Å². The fourth-order valence-electron chi connectivity index (χ4n) is 1.68. The molecule has 0 aliphatic heterocycles. The summed E-state index contributed by atoms with van der Waals surface area (Å²) in [5.74, 6) is 0.955. The average molecular weight is 388 g/mol. The van der Waals surface area contributed by atoms with Gasteiger partial charge in [-0.3, -0.25) is 4.79 Å². The van der Waals surface area contributed by atoms with Crippen molar-refractivity contribution in [3.63, 3.8) is 0 Å². The molecule has 0 unspecified atom stereocenters. The Morgan fingerprint density at radius 1 is 1.40 bits per heavy atom. The summed E-state index contributed by atoms with van der Waals surface area (Å²) in [6, 6.07) is 5.35. The summed E-state index contributed by atoms with van der Waals surface area (Å²) in [6.07, 6.45) is 0.298. The van der Waals surface area contributed by atoms with Crippen molar-refractivity contribution in [1.29, 1.82) is 5.26 Å². The fraction of sp³-hybridized carbons (Fsp3) is 0.429. The van der Waals surface area contributed by atoms with Gasteiger partial charge in [0.25, 0.3) is 5.91 Å². The van der Waals surface area contributed by atoms with Crippen LogP contribution >= 0.6 is 22.6 Å². The third-order valence-corrected chi connectivity index (χ3v) is 3.96. The number of hydrogen-bond acceptors (Lipinski definition) is 4. The molecular weight excluding hydrogens is 371 g/mol. The predicted octanol–water partition coefficient (Wildman–Crippen LogP) is 2.68. The zero-order valence-corrected chi connectivity index (χ0v) is 14.1. The summed E-state index contributed by atoms with van der Waals surface area (Å²) in [4.78, 5) is 14.0. The van der Waals surface area contributed by atoms with Gasteiger partial charge >= 0.3 is 0 Å². The van der Waals surface area contributed by atoms with Crippen molar-refractivity contribution in [2.24, 2.45) is 0 Å². The van der Waals surface area contributed by atoms with Crippen molar-refractivity contribution in [1.82, 2.24) is 4.90 Å². The van der Waals surface area contributed by atoms with Crippen LogP contribution in [0.15, 0.2) is 12.1 Å². The van der Waals surface area contributed by atoms with Crippen LogP contribution in [0.25, 0.3) is 0 Å². The number of benzene rings is 1. The van der Waals surface area contributed by atoms with E-state index in [-0.39, 0.29) is 11.9 Å².